The van der Waals surface area contributed by atoms with E-state index in [9.17, 15) is 8.42 Å². The highest BCUT2D eigenvalue weighted by atomic mass is 32.2. The molecule has 1 aliphatic rings. The molecule has 1 fully saturated rings. The minimum atomic E-state index is -3.45. The van der Waals surface area contributed by atoms with Crippen LogP contribution in [0.25, 0.3) is 0 Å². The maximum Gasteiger partial charge on any atom is 0.244 e. The molecule has 1 saturated heterocycles. The maximum absolute atomic E-state index is 12.0. The minimum absolute atomic E-state index is 0.0342. The number of hydrogen-bond acceptors (Lipinski definition) is 4. The molecule has 0 atom stereocenters. The van der Waals surface area contributed by atoms with Crippen molar-refractivity contribution in [2.24, 2.45) is 0 Å². The van der Waals surface area contributed by atoms with E-state index < -0.39 is 10.0 Å². The third kappa shape index (κ3) is 2.42. The average Bonchev–Trinajstić information content (AvgIpc) is 2.66. The summed E-state index contributed by atoms with van der Waals surface area (Å²) in [5, 5.41) is 6.33. The molecule has 0 spiro atoms. The van der Waals surface area contributed by atoms with Crippen molar-refractivity contribution in [3.63, 3.8) is 0 Å². The maximum atomic E-state index is 12.0. The standard InChI is InChI=1S/C9H15N3O3S/c1-7-9(6-10-11-7)16(13,14)12-8-2-4-15-5-3-8/h6,8,12H,2-5H2,1H3,(H,10,11). The highest BCUT2D eigenvalue weighted by Gasteiger charge is 2.24. The molecule has 2 rings (SSSR count). The molecule has 6 nitrogen and oxygen atoms in total. The van der Waals surface area contributed by atoms with Crippen LogP contribution in [0.2, 0.25) is 0 Å². The molecule has 1 aromatic heterocycles. The van der Waals surface area contributed by atoms with E-state index in [1.807, 2.05) is 0 Å². The van der Waals surface area contributed by atoms with Gasteiger partial charge in [-0.05, 0) is 19.8 Å². The van der Waals surface area contributed by atoms with Crippen molar-refractivity contribution in [2.75, 3.05) is 13.2 Å². The number of H-pyrrole nitrogens is 1. The lowest BCUT2D eigenvalue weighted by molar-refractivity contribution is 0.0832. The highest BCUT2D eigenvalue weighted by Crippen LogP contribution is 2.14. The molecule has 16 heavy (non-hydrogen) atoms. The fourth-order valence-electron chi connectivity index (χ4n) is 1.71. The van der Waals surface area contributed by atoms with Crippen LogP contribution in [0.15, 0.2) is 11.1 Å². The molecular formula is C9H15N3O3S. The predicted molar refractivity (Wildman–Crippen MR) is 57.5 cm³/mol. The van der Waals surface area contributed by atoms with Crippen molar-refractivity contribution in [3.05, 3.63) is 11.9 Å². The van der Waals surface area contributed by atoms with Crippen LogP contribution in [-0.2, 0) is 14.8 Å². The second kappa shape index (κ2) is 4.52. The summed E-state index contributed by atoms with van der Waals surface area (Å²) in [5.74, 6) is 0. The van der Waals surface area contributed by atoms with E-state index in [-0.39, 0.29) is 10.9 Å². The molecule has 2 N–H and O–H groups in total. The number of rotatable bonds is 3. The van der Waals surface area contributed by atoms with Crippen LogP contribution in [0, 0.1) is 6.92 Å². The summed E-state index contributed by atoms with van der Waals surface area (Å²) in [7, 11) is -3.45. The van der Waals surface area contributed by atoms with Gasteiger partial charge in [0.05, 0.1) is 11.9 Å². The smallest absolute Gasteiger partial charge is 0.244 e. The Balaban J connectivity index is 2.11. The first-order chi connectivity index (χ1) is 7.59. The van der Waals surface area contributed by atoms with Gasteiger partial charge in [-0.3, -0.25) is 5.10 Å². The van der Waals surface area contributed by atoms with E-state index in [2.05, 4.69) is 14.9 Å². The Morgan fingerprint density at radius 3 is 2.75 bits per heavy atom. The average molecular weight is 245 g/mol. The Bertz CT molecular complexity index is 448. The normalized spacial score (nSPS) is 18.8. The molecule has 0 saturated carbocycles. The molecule has 0 bridgehead atoms. The zero-order chi connectivity index (χ0) is 11.6. The molecule has 0 unspecified atom stereocenters. The molecular weight excluding hydrogens is 230 g/mol. The van der Waals surface area contributed by atoms with Crippen molar-refractivity contribution in [3.8, 4) is 0 Å². The monoisotopic (exact) mass is 245 g/mol. The zero-order valence-corrected chi connectivity index (χ0v) is 9.88. The quantitative estimate of drug-likeness (QED) is 0.795. The van der Waals surface area contributed by atoms with Crippen molar-refractivity contribution >= 4 is 10.0 Å². The molecule has 7 heteroatoms. The van der Waals surface area contributed by atoms with E-state index in [4.69, 9.17) is 4.74 Å². The topological polar surface area (TPSA) is 84.1 Å². The van der Waals surface area contributed by atoms with Gasteiger partial charge in [0.2, 0.25) is 10.0 Å². The molecule has 1 aliphatic heterocycles. The Hall–Kier alpha value is -0.920. The van der Waals surface area contributed by atoms with Gasteiger partial charge in [0.15, 0.2) is 0 Å². The van der Waals surface area contributed by atoms with E-state index in [1.54, 1.807) is 6.92 Å². The molecule has 0 amide bonds. The first kappa shape index (κ1) is 11.6. The summed E-state index contributed by atoms with van der Waals surface area (Å²) >= 11 is 0. The number of hydrogen-bond donors (Lipinski definition) is 2. The first-order valence-electron chi connectivity index (χ1n) is 5.19. The van der Waals surface area contributed by atoms with Crippen LogP contribution in [0.3, 0.4) is 0 Å². The number of sulfonamides is 1. The lowest BCUT2D eigenvalue weighted by Gasteiger charge is -2.22. The summed E-state index contributed by atoms with van der Waals surface area (Å²) in [6.07, 6.45) is 2.77. The molecule has 0 radical (unpaired) electrons. The van der Waals surface area contributed by atoms with E-state index in [1.165, 1.54) is 6.20 Å². The fraction of sp³-hybridized carbons (Fsp3) is 0.667. The number of aromatic nitrogens is 2. The van der Waals surface area contributed by atoms with E-state index in [0.29, 0.717) is 18.9 Å². The summed E-state index contributed by atoms with van der Waals surface area (Å²) in [5.41, 5.74) is 0.555. The largest absolute Gasteiger partial charge is 0.381 e. The second-order valence-corrected chi connectivity index (χ2v) is 5.55. The van der Waals surface area contributed by atoms with Gasteiger partial charge in [0, 0.05) is 19.3 Å². The number of aryl methyl sites for hydroxylation is 1. The second-order valence-electron chi connectivity index (χ2n) is 3.87. The van der Waals surface area contributed by atoms with Gasteiger partial charge in [0.1, 0.15) is 4.90 Å². The minimum Gasteiger partial charge on any atom is -0.381 e. The Labute approximate surface area is 94.4 Å². The van der Waals surface area contributed by atoms with Crippen LogP contribution in [0.1, 0.15) is 18.5 Å². The third-order valence-electron chi connectivity index (χ3n) is 2.62. The predicted octanol–water partition coefficient (Wildman–Crippen LogP) is 0.175. The van der Waals surface area contributed by atoms with Crippen molar-refractivity contribution in [1.29, 1.82) is 0 Å². The molecule has 90 valence electrons. The summed E-state index contributed by atoms with van der Waals surface area (Å²) in [4.78, 5) is 0.221. The molecule has 0 aromatic carbocycles. The Kier molecular flexibility index (Phi) is 3.27. The van der Waals surface area contributed by atoms with Gasteiger partial charge in [0.25, 0.3) is 0 Å². The van der Waals surface area contributed by atoms with Crippen LogP contribution in [-0.4, -0.2) is 37.9 Å². The van der Waals surface area contributed by atoms with Gasteiger partial charge >= 0.3 is 0 Å². The first-order valence-corrected chi connectivity index (χ1v) is 6.68. The van der Waals surface area contributed by atoms with Gasteiger partial charge in [-0.25, -0.2) is 13.1 Å². The van der Waals surface area contributed by atoms with Crippen LogP contribution < -0.4 is 4.72 Å². The SMILES string of the molecule is Cc1[nH]ncc1S(=O)(=O)NC1CCOCC1. The van der Waals surface area contributed by atoms with Gasteiger partial charge in [-0.1, -0.05) is 0 Å². The zero-order valence-electron chi connectivity index (χ0n) is 9.06. The summed E-state index contributed by atoms with van der Waals surface area (Å²) < 4.78 is 31.8. The van der Waals surface area contributed by atoms with Crippen LogP contribution >= 0.6 is 0 Å². The van der Waals surface area contributed by atoms with Gasteiger partial charge in [-0.2, -0.15) is 5.10 Å². The van der Waals surface area contributed by atoms with Crippen molar-refractivity contribution < 1.29 is 13.2 Å². The molecule has 0 aliphatic carbocycles. The number of nitrogens with one attached hydrogen (secondary N) is 2. The van der Waals surface area contributed by atoms with Crippen LogP contribution in [0.5, 0.6) is 0 Å². The number of ether oxygens (including phenoxy) is 1. The summed E-state index contributed by atoms with van der Waals surface area (Å²) in [6, 6.07) is -0.0342. The van der Waals surface area contributed by atoms with Crippen molar-refractivity contribution in [1.82, 2.24) is 14.9 Å². The van der Waals surface area contributed by atoms with Gasteiger partial charge in [-0.15, -0.1) is 0 Å². The molecule has 2 heterocycles. The van der Waals surface area contributed by atoms with Crippen molar-refractivity contribution in [2.45, 2.75) is 30.7 Å². The van der Waals surface area contributed by atoms with E-state index in [0.717, 1.165) is 12.8 Å². The fourth-order valence-corrected chi connectivity index (χ4v) is 3.15. The third-order valence-corrected chi connectivity index (χ3v) is 4.25. The Morgan fingerprint density at radius 2 is 2.19 bits per heavy atom. The summed E-state index contributed by atoms with van der Waals surface area (Å²) in [6.45, 7) is 2.90. The number of aromatic amines is 1. The van der Waals surface area contributed by atoms with E-state index >= 15 is 0 Å². The van der Waals surface area contributed by atoms with Crippen LogP contribution in [0.4, 0.5) is 0 Å². The lowest BCUT2D eigenvalue weighted by atomic mass is 10.1. The molecule has 1 aromatic rings. The highest BCUT2D eigenvalue weighted by molar-refractivity contribution is 7.89. The Morgan fingerprint density at radius 1 is 1.50 bits per heavy atom. The number of nitrogens with zero attached hydrogens (tertiary/aromatic N) is 1. The lowest BCUT2D eigenvalue weighted by Crippen LogP contribution is -2.38. The van der Waals surface area contributed by atoms with Gasteiger partial charge < -0.3 is 4.74 Å².